The third-order valence-corrected chi connectivity index (χ3v) is 4.22. The average molecular weight is 336 g/mol. The van der Waals surface area contributed by atoms with Crippen molar-refractivity contribution >= 4 is 17.5 Å². The second-order valence-corrected chi connectivity index (χ2v) is 6.11. The molecule has 2 aromatic rings. The van der Waals surface area contributed by atoms with E-state index in [1.165, 1.54) is 12.1 Å². The van der Waals surface area contributed by atoms with Crippen LogP contribution in [0.1, 0.15) is 25.3 Å². The third kappa shape index (κ3) is 3.96. The summed E-state index contributed by atoms with van der Waals surface area (Å²) in [6, 6.07) is 6.69. The van der Waals surface area contributed by atoms with Gasteiger partial charge in [0.1, 0.15) is 5.82 Å². The Morgan fingerprint density at radius 3 is 2.38 bits per heavy atom. The Balaban J connectivity index is 1.70. The number of hydrogen-bond acceptors (Lipinski definition) is 4. The largest absolute Gasteiger partial charge is 0.416 e. The van der Waals surface area contributed by atoms with Crippen molar-refractivity contribution < 1.29 is 13.2 Å². The number of nitrogens with zero attached hydrogens (tertiary/aromatic N) is 3. The molecule has 4 nitrogen and oxygen atoms in total. The molecular formula is C17H19F3N4. The quantitative estimate of drug-likeness (QED) is 0.897. The lowest BCUT2D eigenvalue weighted by molar-refractivity contribution is -0.137. The molecule has 3 rings (SSSR count). The van der Waals surface area contributed by atoms with Gasteiger partial charge in [-0.25, -0.2) is 4.98 Å². The highest BCUT2D eigenvalue weighted by Crippen LogP contribution is 2.30. The summed E-state index contributed by atoms with van der Waals surface area (Å²) >= 11 is 0. The molecule has 1 aromatic heterocycles. The van der Waals surface area contributed by atoms with Crippen molar-refractivity contribution in [2.75, 3.05) is 23.3 Å². The lowest BCUT2D eigenvalue weighted by Gasteiger charge is -2.31. The highest BCUT2D eigenvalue weighted by Gasteiger charge is 2.29. The average Bonchev–Trinajstić information content (AvgIpc) is 2.55. The Morgan fingerprint density at radius 1 is 1.08 bits per heavy atom. The molecule has 0 saturated carbocycles. The molecule has 0 amide bonds. The summed E-state index contributed by atoms with van der Waals surface area (Å²) in [5.74, 6) is 1.95. The molecular weight excluding hydrogens is 317 g/mol. The number of anilines is 3. The van der Waals surface area contributed by atoms with Crippen LogP contribution in [0.5, 0.6) is 0 Å². The molecule has 1 aliphatic rings. The second kappa shape index (κ2) is 6.67. The summed E-state index contributed by atoms with van der Waals surface area (Å²) in [6.07, 6.45) is -0.412. The minimum absolute atomic E-state index is 0.380. The molecule has 1 aromatic carbocycles. The van der Waals surface area contributed by atoms with Crippen LogP contribution in [0.2, 0.25) is 0 Å². The molecule has 24 heavy (non-hydrogen) atoms. The van der Waals surface area contributed by atoms with Crippen molar-refractivity contribution in [2.24, 2.45) is 5.92 Å². The van der Waals surface area contributed by atoms with E-state index in [0.29, 0.717) is 11.6 Å². The van der Waals surface area contributed by atoms with E-state index in [1.807, 2.05) is 6.07 Å². The Bertz CT molecular complexity index is 677. The molecule has 0 aliphatic carbocycles. The maximum atomic E-state index is 12.6. The Labute approximate surface area is 138 Å². The highest BCUT2D eigenvalue weighted by atomic mass is 19.4. The van der Waals surface area contributed by atoms with Crippen molar-refractivity contribution in [3.05, 3.63) is 42.1 Å². The lowest BCUT2D eigenvalue weighted by Crippen LogP contribution is -2.33. The van der Waals surface area contributed by atoms with Gasteiger partial charge >= 0.3 is 6.18 Å². The van der Waals surface area contributed by atoms with Gasteiger partial charge in [0.05, 0.1) is 5.56 Å². The summed E-state index contributed by atoms with van der Waals surface area (Å²) in [5, 5.41) is 2.95. The molecule has 0 atom stereocenters. The van der Waals surface area contributed by atoms with Crippen LogP contribution in [0.3, 0.4) is 0 Å². The molecule has 0 spiro atoms. The van der Waals surface area contributed by atoms with E-state index >= 15 is 0 Å². The fourth-order valence-corrected chi connectivity index (χ4v) is 2.69. The van der Waals surface area contributed by atoms with Gasteiger partial charge in [0.15, 0.2) is 0 Å². The van der Waals surface area contributed by atoms with E-state index in [2.05, 4.69) is 27.1 Å². The van der Waals surface area contributed by atoms with Gasteiger partial charge in [-0.3, -0.25) is 0 Å². The van der Waals surface area contributed by atoms with Crippen LogP contribution in [-0.4, -0.2) is 23.1 Å². The first kappa shape index (κ1) is 16.5. The van der Waals surface area contributed by atoms with Crippen LogP contribution < -0.4 is 10.2 Å². The van der Waals surface area contributed by atoms with E-state index in [9.17, 15) is 13.2 Å². The Kier molecular flexibility index (Phi) is 4.59. The summed E-state index contributed by atoms with van der Waals surface area (Å²) in [7, 11) is 0. The fourth-order valence-electron chi connectivity index (χ4n) is 2.69. The van der Waals surface area contributed by atoms with Gasteiger partial charge in [-0.1, -0.05) is 6.92 Å². The normalized spacial score (nSPS) is 16.2. The molecule has 2 heterocycles. The predicted molar refractivity (Wildman–Crippen MR) is 87.4 cm³/mol. The van der Waals surface area contributed by atoms with Crippen LogP contribution in [-0.2, 0) is 6.18 Å². The summed E-state index contributed by atoms with van der Waals surface area (Å²) in [4.78, 5) is 10.8. The number of aromatic nitrogens is 2. The Morgan fingerprint density at radius 2 is 1.75 bits per heavy atom. The molecule has 128 valence electrons. The Hall–Kier alpha value is -2.31. The van der Waals surface area contributed by atoms with Crippen molar-refractivity contribution in [3.8, 4) is 0 Å². The monoisotopic (exact) mass is 336 g/mol. The van der Waals surface area contributed by atoms with Gasteiger partial charge in [-0.05, 0) is 49.1 Å². The van der Waals surface area contributed by atoms with E-state index in [1.54, 1.807) is 6.20 Å². The number of rotatable bonds is 3. The highest BCUT2D eigenvalue weighted by molar-refractivity contribution is 5.55. The zero-order chi connectivity index (χ0) is 17.2. The summed E-state index contributed by atoms with van der Waals surface area (Å²) < 4.78 is 37.7. The number of alkyl halides is 3. The second-order valence-electron chi connectivity index (χ2n) is 6.11. The van der Waals surface area contributed by atoms with Crippen LogP contribution in [0.15, 0.2) is 36.5 Å². The predicted octanol–water partition coefficient (Wildman–Crippen LogP) is 4.48. The number of piperidine rings is 1. The van der Waals surface area contributed by atoms with E-state index in [0.717, 1.165) is 49.8 Å². The molecule has 0 unspecified atom stereocenters. The minimum atomic E-state index is -4.33. The molecule has 0 radical (unpaired) electrons. The first-order valence-electron chi connectivity index (χ1n) is 7.94. The maximum absolute atomic E-state index is 12.6. The zero-order valence-electron chi connectivity index (χ0n) is 13.3. The molecule has 1 saturated heterocycles. The third-order valence-electron chi connectivity index (χ3n) is 4.22. The first-order valence-corrected chi connectivity index (χ1v) is 7.94. The van der Waals surface area contributed by atoms with E-state index in [-0.39, 0.29) is 0 Å². The number of halogens is 3. The van der Waals surface area contributed by atoms with Gasteiger partial charge in [0, 0.05) is 25.0 Å². The molecule has 0 bridgehead atoms. The smallest absolute Gasteiger partial charge is 0.356 e. The van der Waals surface area contributed by atoms with E-state index < -0.39 is 11.7 Å². The number of nitrogens with one attached hydrogen (secondary N) is 1. The number of hydrogen-bond donors (Lipinski definition) is 1. The van der Waals surface area contributed by atoms with Gasteiger partial charge in [0.25, 0.3) is 0 Å². The van der Waals surface area contributed by atoms with E-state index in [4.69, 9.17) is 0 Å². The topological polar surface area (TPSA) is 41.1 Å². The van der Waals surface area contributed by atoms with Crippen molar-refractivity contribution in [1.29, 1.82) is 0 Å². The van der Waals surface area contributed by atoms with Crippen molar-refractivity contribution in [1.82, 2.24) is 9.97 Å². The minimum Gasteiger partial charge on any atom is -0.356 e. The SMILES string of the molecule is CC1CCN(c2ccnc(Nc3ccc(C(F)(F)F)cc3)n2)CC1. The van der Waals surface area contributed by atoms with Crippen LogP contribution in [0.4, 0.5) is 30.6 Å². The summed E-state index contributed by atoms with van der Waals surface area (Å²) in [6.45, 7) is 4.16. The van der Waals surface area contributed by atoms with Gasteiger partial charge in [0.2, 0.25) is 5.95 Å². The number of benzene rings is 1. The molecule has 7 heteroatoms. The van der Waals surface area contributed by atoms with Gasteiger partial charge in [-0.15, -0.1) is 0 Å². The molecule has 1 N–H and O–H groups in total. The maximum Gasteiger partial charge on any atom is 0.416 e. The van der Waals surface area contributed by atoms with Gasteiger partial charge < -0.3 is 10.2 Å². The lowest BCUT2D eigenvalue weighted by atomic mass is 9.99. The molecule has 1 aliphatic heterocycles. The summed E-state index contributed by atoms with van der Waals surface area (Å²) in [5.41, 5.74) is -0.155. The van der Waals surface area contributed by atoms with Crippen molar-refractivity contribution in [3.63, 3.8) is 0 Å². The molecule has 1 fully saturated rings. The van der Waals surface area contributed by atoms with Gasteiger partial charge in [-0.2, -0.15) is 18.2 Å². The van der Waals surface area contributed by atoms with Crippen LogP contribution in [0.25, 0.3) is 0 Å². The fraction of sp³-hybridized carbons (Fsp3) is 0.412. The first-order chi connectivity index (χ1) is 11.4. The zero-order valence-corrected chi connectivity index (χ0v) is 13.3. The van der Waals surface area contributed by atoms with Crippen LogP contribution in [0, 0.1) is 5.92 Å². The standard InChI is InChI=1S/C17H19F3N4/c1-12-7-10-24(11-8-12)15-6-9-21-16(23-15)22-14-4-2-13(3-5-14)17(18,19)20/h2-6,9,12H,7-8,10-11H2,1H3,(H,21,22,23). The van der Waals surface area contributed by atoms with Crippen LogP contribution >= 0.6 is 0 Å². The van der Waals surface area contributed by atoms with Crippen molar-refractivity contribution in [2.45, 2.75) is 25.9 Å².